The predicted molar refractivity (Wildman–Crippen MR) is 106 cm³/mol. The molecule has 1 aliphatic carbocycles. The molecule has 0 saturated heterocycles. The van der Waals surface area contributed by atoms with Gasteiger partial charge in [-0.05, 0) is 28.9 Å². The smallest absolute Gasteiger partial charge is 0.227 e. The van der Waals surface area contributed by atoms with Crippen molar-refractivity contribution >= 4 is 23.5 Å². The van der Waals surface area contributed by atoms with Crippen molar-refractivity contribution in [3.8, 4) is 5.75 Å². The van der Waals surface area contributed by atoms with Crippen molar-refractivity contribution in [2.45, 2.75) is 38.4 Å². The summed E-state index contributed by atoms with van der Waals surface area (Å²) >= 11 is 1.60. The number of methoxy groups -OCH3 is 1. The molecule has 2 heterocycles. The van der Waals surface area contributed by atoms with Gasteiger partial charge in [0.2, 0.25) is 11.1 Å². The van der Waals surface area contributed by atoms with E-state index in [9.17, 15) is 4.79 Å². The minimum Gasteiger partial charge on any atom is -0.497 e. The van der Waals surface area contributed by atoms with Crippen LogP contribution < -0.4 is 10.1 Å². The normalized spacial score (nSPS) is 23.1. The van der Waals surface area contributed by atoms with E-state index in [0.29, 0.717) is 12.4 Å². The summed E-state index contributed by atoms with van der Waals surface area (Å²) in [5, 5.41) is 8.80. The minimum absolute atomic E-state index is 0.163. The molecule has 2 aromatic rings. The van der Waals surface area contributed by atoms with Crippen molar-refractivity contribution in [2.24, 2.45) is 11.3 Å². The summed E-state index contributed by atoms with van der Waals surface area (Å²) in [6, 6.07) is 7.67. The topological polar surface area (TPSA) is 69.0 Å². The van der Waals surface area contributed by atoms with E-state index in [1.807, 2.05) is 28.9 Å². The molecule has 2 aliphatic rings. The molecule has 0 saturated carbocycles. The molecule has 0 amide bonds. The number of benzene rings is 1. The third-order valence-corrected chi connectivity index (χ3v) is 5.76. The number of hydrogen-bond acceptors (Lipinski definition) is 6. The van der Waals surface area contributed by atoms with Gasteiger partial charge in [-0.2, -0.15) is 4.98 Å². The van der Waals surface area contributed by atoms with E-state index in [-0.39, 0.29) is 23.2 Å². The second kappa shape index (κ2) is 6.71. The number of carbonyl (C=O) groups excluding carboxylic acids is 1. The zero-order valence-electron chi connectivity index (χ0n) is 16.0. The zero-order chi connectivity index (χ0) is 19.2. The molecule has 2 atom stereocenters. The number of allylic oxidation sites excluding steroid dienone is 2. The van der Waals surface area contributed by atoms with Gasteiger partial charge in [-0.1, -0.05) is 50.7 Å². The van der Waals surface area contributed by atoms with Gasteiger partial charge in [0.25, 0.3) is 0 Å². The summed E-state index contributed by atoms with van der Waals surface area (Å²) in [5.74, 6) is 2.34. The number of ether oxygens (including phenoxy) is 1. The van der Waals surface area contributed by atoms with E-state index in [0.717, 1.165) is 27.9 Å². The summed E-state index contributed by atoms with van der Waals surface area (Å²) in [6.07, 6.45) is 2.70. The standard InChI is InChI=1S/C20H24N4O2S/c1-5-27-19-22-18-21-14-10-20(2,3)11-15(25)16(14)17(24(18)23-19)12-6-8-13(26-4)9-7-12/h6-10,16-17H,5,11H2,1-4H3,(H,21,22,23)/t16-,17-/m1/s1. The average Bonchev–Trinajstić information content (AvgIpc) is 3.01. The molecule has 6 nitrogen and oxygen atoms in total. The molecule has 1 N–H and O–H groups in total. The van der Waals surface area contributed by atoms with Crippen molar-refractivity contribution in [3.05, 3.63) is 41.6 Å². The number of carbonyl (C=O) groups is 1. The number of fused-ring (bicyclic) bond motifs is 2. The van der Waals surface area contributed by atoms with Crippen LogP contribution in [0.1, 0.15) is 38.8 Å². The molecule has 7 heteroatoms. The number of nitrogens with one attached hydrogen (secondary N) is 1. The van der Waals surface area contributed by atoms with Crippen LogP contribution in [0.3, 0.4) is 0 Å². The Balaban J connectivity index is 1.86. The first-order chi connectivity index (χ1) is 12.9. The Hall–Kier alpha value is -2.28. The number of nitrogens with zero attached hydrogens (tertiary/aromatic N) is 3. The molecule has 4 rings (SSSR count). The highest BCUT2D eigenvalue weighted by atomic mass is 32.2. The first-order valence-electron chi connectivity index (χ1n) is 9.17. The third kappa shape index (κ3) is 3.25. The maximum atomic E-state index is 13.1. The zero-order valence-corrected chi connectivity index (χ0v) is 16.8. The van der Waals surface area contributed by atoms with Gasteiger partial charge in [0.05, 0.1) is 19.1 Å². The summed E-state index contributed by atoms with van der Waals surface area (Å²) in [4.78, 5) is 17.8. The fourth-order valence-electron chi connectivity index (χ4n) is 3.93. The predicted octanol–water partition coefficient (Wildman–Crippen LogP) is 3.91. The highest BCUT2D eigenvalue weighted by Crippen LogP contribution is 2.45. The van der Waals surface area contributed by atoms with Crippen LogP contribution in [0.15, 0.2) is 41.2 Å². The molecule has 0 unspecified atom stereocenters. The van der Waals surface area contributed by atoms with E-state index in [2.05, 4.69) is 37.1 Å². The Morgan fingerprint density at radius 3 is 2.74 bits per heavy atom. The summed E-state index contributed by atoms with van der Waals surface area (Å²) in [7, 11) is 1.65. The van der Waals surface area contributed by atoms with Gasteiger partial charge in [0.15, 0.2) is 0 Å². The van der Waals surface area contributed by atoms with Crippen molar-refractivity contribution in [1.29, 1.82) is 0 Å². The molecular formula is C20H24N4O2S. The lowest BCUT2D eigenvalue weighted by Crippen LogP contribution is -2.42. The molecule has 0 spiro atoms. The second-order valence-corrected chi connectivity index (χ2v) is 8.88. The first kappa shape index (κ1) is 18.1. The van der Waals surface area contributed by atoms with Crippen LogP contribution in [0.5, 0.6) is 5.75 Å². The van der Waals surface area contributed by atoms with E-state index in [1.165, 1.54) is 0 Å². The Labute approximate surface area is 163 Å². The van der Waals surface area contributed by atoms with Crippen LogP contribution in [0.25, 0.3) is 0 Å². The lowest BCUT2D eigenvalue weighted by molar-refractivity contribution is -0.125. The van der Waals surface area contributed by atoms with E-state index in [1.54, 1.807) is 18.9 Å². The molecule has 0 radical (unpaired) electrons. The van der Waals surface area contributed by atoms with Crippen molar-refractivity contribution in [1.82, 2.24) is 14.8 Å². The van der Waals surface area contributed by atoms with Crippen LogP contribution in [0.2, 0.25) is 0 Å². The number of thioether (sulfide) groups is 1. The Bertz CT molecular complexity index is 901. The van der Waals surface area contributed by atoms with E-state index >= 15 is 0 Å². The van der Waals surface area contributed by atoms with Crippen molar-refractivity contribution in [2.75, 3.05) is 18.2 Å². The van der Waals surface area contributed by atoms with Gasteiger partial charge >= 0.3 is 0 Å². The first-order valence-corrected chi connectivity index (χ1v) is 10.2. The summed E-state index contributed by atoms with van der Waals surface area (Å²) < 4.78 is 7.16. The summed E-state index contributed by atoms with van der Waals surface area (Å²) in [6.45, 7) is 6.26. The molecule has 1 aromatic carbocycles. The molecule has 27 heavy (non-hydrogen) atoms. The maximum Gasteiger partial charge on any atom is 0.227 e. The molecular weight excluding hydrogens is 360 g/mol. The number of ketones is 1. The maximum absolute atomic E-state index is 13.1. The van der Waals surface area contributed by atoms with Crippen molar-refractivity contribution < 1.29 is 9.53 Å². The van der Waals surface area contributed by atoms with Crippen molar-refractivity contribution in [3.63, 3.8) is 0 Å². The van der Waals surface area contributed by atoms with Crippen LogP contribution in [0.4, 0.5) is 5.95 Å². The van der Waals surface area contributed by atoms with E-state index < -0.39 is 0 Å². The van der Waals surface area contributed by atoms with Gasteiger partial charge in [0, 0.05) is 12.1 Å². The van der Waals surface area contributed by atoms with Crippen LogP contribution >= 0.6 is 11.8 Å². The highest BCUT2D eigenvalue weighted by Gasteiger charge is 2.45. The summed E-state index contributed by atoms with van der Waals surface area (Å²) in [5.41, 5.74) is 1.80. The van der Waals surface area contributed by atoms with Crippen LogP contribution in [-0.2, 0) is 4.79 Å². The quantitative estimate of drug-likeness (QED) is 0.806. The van der Waals surface area contributed by atoms with Gasteiger partial charge in [-0.3, -0.25) is 4.79 Å². The number of hydrogen-bond donors (Lipinski definition) is 1. The van der Waals surface area contributed by atoms with Crippen LogP contribution in [0, 0.1) is 11.3 Å². The largest absolute Gasteiger partial charge is 0.497 e. The van der Waals surface area contributed by atoms with E-state index in [4.69, 9.17) is 9.84 Å². The Morgan fingerprint density at radius 2 is 2.07 bits per heavy atom. The number of Topliss-reactive ketones (excluding diaryl/α,β-unsaturated/α-hetero) is 1. The highest BCUT2D eigenvalue weighted by molar-refractivity contribution is 7.99. The fraction of sp³-hybridized carbons (Fsp3) is 0.450. The van der Waals surface area contributed by atoms with Gasteiger partial charge < -0.3 is 10.1 Å². The molecule has 0 fully saturated rings. The SMILES string of the molecule is CCSc1nc2n(n1)[C@H](c1ccc(OC)cc1)[C@H]1C(=O)CC(C)(C)C=C1N2. The second-order valence-electron chi connectivity index (χ2n) is 7.65. The molecule has 1 aromatic heterocycles. The lowest BCUT2D eigenvalue weighted by Gasteiger charge is -2.40. The van der Waals surface area contributed by atoms with Crippen LogP contribution in [-0.4, -0.2) is 33.4 Å². The Morgan fingerprint density at radius 1 is 1.33 bits per heavy atom. The van der Waals surface area contributed by atoms with Gasteiger partial charge in [0.1, 0.15) is 11.5 Å². The molecule has 1 aliphatic heterocycles. The monoisotopic (exact) mass is 384 g/mol. The Kier molecular flexibility index (Phi) is 4.50. The third-order valence-electron chi connectivity index (χ3n) is 5.04. The lowest BCUT2D eigenvalue weighted by atomic mass is 9.72. The number of rotatable bonds is 4. The molecule has 0 bridgehead atoms. The number of anilines is 1. The van der Waals surface area contributed by atoms with Gasteiger partial charge in [-0.25, -0.2) is 4.68 Å². The number of aromatic nitrogens is 3. The molecule has 142 valence electrons. The van der Waals surface area contributed by atoms with Gasteiger partial charge in [-0.15, -0.1) is 5.10 Å². The fourth-order valence-corrected chi connectivity index (χ4v) is 4.49. The minimum atomic E-state index is -0.278. The average molecular weight is 385 g/mol.